The lowest BCUT2D eigenvalue weighted by atomic mass is 10.5. The van der Waals surface area contributed by atoms with Gasteiger partial charge in [-0.2, -0.15) is 4.31 Å². The number of nitrogens with zero attached hydrogens (tertiary/aromatic N) is 1. The smallest absolute Gasteiger partial charge is 0.217 e. The minimum atomic E-state index is -2.94. The highest BCUT2D eigenvalue weighted by Gasteiger charge is 2.53. The number of hydrogen-bond acceptors (Lipinski definition) is 3. The highest BCUT2D eigenvalue weighted by Crippen LogP contribution is 2.40. The van der Waals surface area contributed by atoms with Crippen molar-refractivity contribution < 1.29 is 13.2 Å². The van der Waals surface area contributed by atoms with E-state index in [0.717, 1.165) is 19.3 Å². The first-order chi connectivity index (χ1) is 6.19. The fourth-order valence-corrected chi connectivity index (χ4v) is 4.02. The maximum Gasteiger partial charge on any atom is 0.217 e. The molecule has 0 aromatic carbocycles. The van der Waals surface area contributed by atoms with E-state index in [0.29, 0.717) is 13.2 Å². The minimum Gasteiger partial charge on any atom is -0.375 e. The summed E-state index contributed by atoms with van der Waals surface area (Å²) in [5.41, 5.74) is 0. The third-order valence-electron chi connectivity index (χ3n) is 2.99. The summed E-state index contributed by atoms with van der Waals surface area (Å²) in [4.78, 5) is 0. The number of rotatable bonds is 2. The summed E-state index contributed by atoms with van der Waals surface area (Å²) < 4.78 is 30.8. The van der Waals surface area contributed by atoms with Crippen LogP contribution < -0.4 is 0 Å². The SMILES string of the molecule is O=S(=O)(C1CC1)N1CCOC2CC21. The molecule has 3 fully saturated rings. The molecule has 3 rings (SSSR count). The van der Waals surface area contributed by atoms with Gasteiger partial charge in [-0.15, -0.1) is 0 Å². The maximum absolute atomic E-state index is 11.9. The van der Waals surface area contributed by atoms with E-state index in [9.17, 15) is 8.42 Å². The van der Waals surface area contributed by atoms with Crippen LogP contribution in [-0.4, -0.2) is 43.3 Å². The molecule has 4 nitrogen and oxygen atoms in total. The number of sulfonamides is 1. The Morgan fingerprint density at radius 3 is 2.77 bits per heavy atom. The molecule has 0 aromatic heterocycles. The highest BCUT2D eigenvalue weighted by molar-refractivity contribution is 7.90. The van der Waals surface area contributed by atoms with Crippen molar-refractivity contribution in [1.29, 1.82) is 0 Å². The van der Waals surface area contributed by atoms with Crippen LogP contribution in [0.1, 0.15) is 19.3 Å². The minimum absolute atomic E-state index is 0.0631. The van der Waals surface area contributed by atoms with E-state index >= 15 is 0 Å². The van der Waals surface area contributed by atoms with Gasteiger partial charge in [-0.05, 0) is 19.3 Å². The Kier molecular flexibility index (Phi) is 1.55. The van der Waals surface area contributed by atoms with Crippen LogP contribution in [0.4, 0.5) is 0 Å². The third-order valence-corrected chi connectivity index (χ3v) is 5.41. The standard InChI is InChI=1S/C8H13NO3S/c10-13(11,6-1-2-6)9-3-4-12-8-5-7(8)9/h6-8H,1-5H2. The van der Waals surface area contributed by atoms with Crippen molar-refractivity contribution in [2.45, 2.75) is 36.7 Å². The van der Waals surface area contributed by atoms with Crippen molar-refractivity contribution in [2.24, 2.45) is 0 Å². The number of ether oxygens (including phenoxy) is 1. The molecular weight excluding hydrogens is 190 g/mol. The summed E-state index contributed by atoms with van der Waals surface area (Å²) in [6.45, 7) is 1.15. The summed E-state index contributed by atoms with van der Waals surface area (Å²) in [5.74, 6) is 0. The van der Waals surface area contributed by atoms with Gasteiger partial charge in [0, 0.05) is 6.54 Å². The molecule has 5 heteroatoms. The summed E-state index contributed by atoms with van der Waals surface area (Å²) in [6, 6.07) is 0.180. The second-order valence-corrected chi connectivity index (χ2v) is 6.23. The lowest BCUT2D eigenvalue weighted by Crippen LogP contribution is -2.42. The van der Waals surface area contributed by atoms with Gasteiger partial charge in [0.25, 0.3) is 0 Å². The topological polar surface area (TPSA) is 46.6 Å². The van der Waals surface area contributed by atoms with Gasteiger partial charge in [-0.1, -0.05) is 0 Å². The predicted octanol–water partition coefficient (Wildman–Crippen LogP) is -0.0483. The Labute approximate surface area is 77.9 Å². The van der Waals surface area contributed by atoms with E-state index in [1.165, 1.54) is 0 Å². The quantitative estimate of drug-likeness (QED) is 0.632. The lowest BCUT2D eigenvalue weighted by molar-refractivity contribution is 0.0623. The molecular formula is C8H13NO3S. The van der Waals surface area contributed by atoms with Crippen molar-refractivity contribution in [3.8, 4) is 0 Å². The van der Waals surface area contributed by atoms with Crippen LogP contribution in [0, 0.1) is 0 Å². The van der Waals surface area contributed by atoms with Gasteiger partial charge in [0.1, 0.15) is 0 Å². The van der Waals surface area contributed by atoms with Crippen molar-refractivity contribution in [2.75, 3.05) is 13.2 Å². The zero-order valence-electron chi connectivity index (χ0n) is 7.35. The first-order valence-electron chi connectivity index (χ1n) is 4.82. The fraction of sp³-hybridized carbons (Fsp3) is 1.00. The molecule has 1 saturated heterocycles. The summed E-state index contributed by atoms with van der Waals surface area (Å²) in [5, 5.41) is -0.0631. The Morgan fingerprint density at radius 1 is 1.31 bits per heavy atom. The van der Waals surface area contributed by atoms with Gasteiger partial charge >= 0.3 is 0 Å². The highest BCUT2D eigenvalue weighted by atomic mass is 32.2. The number of hydrogen-bond donors (Lipinski definition) is 0. The van der Waals surface area contributed by atoms with E-state index in [2.05, 4.69) is 0 Å². The zero-order valence-corrected chi connectivity index (χ0v) is 8.16. The zero-order chi connectivity index (χ0) is 9.05. The summed E-state index contributed by atoms with van der Waals surface area (Å²) >= 11 is 0. The van der Waals surface area contributed by atoms with Gasteiger partial charge < -0.3 is 4.74 Å². The van der Waals surface area contributed by atoms with Gasteiger partial charge in [0.2, 0.25) is 10.0 Å². The first-order valence-corrected chi connectivity index (χ1v) is 6.32. The molecule has 0 bridgehead atoms. The molecule has 2 unspecified atom stereocenters. The molecule has 2 saturated carbocycles. The van der Waals surface area contributed by atoms with Crippen LogP contribution >= 0.6 is 0 Å². The molecule has 0 N–H and O–H groups in total. The average Bonchev–Trinajstić information content (AvgIpc) is 2.96. The van der Waals surface area contributed by atoms with Crippen LogP contribution in [0.5, 0.6) is 0 Å². The molecule has 0 aromatic rings. The Morgan fingerprint density at radius 2 is 2.08 bits per heavy atom. The molecule has 0 spiro atoms. The summed E-state index contributed by atoms with van der Waals surface area (Å²) in [6.07, 6.45) is 2.84. The largest absolute Gasteiger partial charge is 0.375 e. The van der Waals surface area contributed by atoms with Gasteiger partial charge in [-0.3, -0.25) is 0 Å². The van der Waals surface area contributed by atoms with E-state index in [1.54, 1.807) is 4.31 Å². The van der Waals surface area contributed by atoms with E-state index in [-0.39, 0.29) is 17.4 Å². The molecule has 0 radical (unpaired) electrons. The molecule has 0 amide bonds. The monoisotopic (exact) mass is 203 g/mol. The van der Waals surface area contributed by atoms with Gasteiger partial charge in [0.15, 0.2) is 0 Å². The van der Waals surface area contributed by atoms with E-state index in [1.807, 2.05) is 0 Å². The maximum atomic E-state index is 11.9. The van der Waals surface area contributed by atoms with E-state index in [4.69, 9.17) is 4.74 Å². The third kappa shape index (κ3) is 1.21. The van der Waals surface area contributed by atoms with Crippen molar-refractivity contribution >= 4 is 10.0 Å². The van der Waals surface area contributed by atoms with Crippen LogP contribution in [0.25, 0.3) is 0 Å². The van der Waals surface area contributed by atoms with Crippen LogP contribution in [0.2, 0.25) is 0 Å². The van der Waals surface area contributed by atoms with Crippen LogP contribution in [0.15, 0.2) is 0 Å². The lowest BCUT2D eigenvalue weighted by Gasteiger charge is -2.25. The fourth-order valence-electron chi connectivity index (χ4n) is 1.97. The molecule has 2 atom stereocenters. The molecule has 3 aliphatic rings. The molecule has 2 aliphatic carbocycles. The number of morpholine rings is 1. The normalized spacial score (nSPS) is 40.0. The predicted molar refractivity (Wildman–Crippen MR) is 46.8 cm³/mol. The van der Waals surface area contributed by atoms with Crippen molar-refractivity contribution in [1.82, 2.24) is 4.31 Å². The van der Waals surface area contributed by atoms with Crippen LogP contribution in [0.3, 0.4) is 0 Å². The van der Waals surface area contributed by atoms with Gasteiger partial charge in [0.05, 0.1) is 24.0 Å². The second-order valence-electron chi connectivity index (χ2n) is 4.07. The van der Waals surface area contributed by atoms with Crippen molar-refractivity contribution in [3.63, 3.8) is 0 Å². The average molecular weight is 203 g/mol. The Bertz CT molecular complexity index is 322. The van der Waals surface area contributed by atoms with Gasteiger partial charge in [-0.25, -0.2) is 8.42 Å². The second kappa shape index (κ2) is 2.46. The molecule has 13 heavy (non-hydrogen) atoms. The van der Waals surface area contributed by atoms with E-state index < -0.39 is 10.0 Å². The summed E-state index contributed by atoms with van der Waals surface area (Å²) in [7, 11) is -2.94. The Hall–Kier alpha value is -0.130. The molecule has 1 heterocycles. The molecule has 74 valence electrons. The first kappa shape index (κ1) is 8.20. The number of fused-ring (bicyclic) bond motifs is 1. The van der Waals surface area contributed by atoms with Crippen molar-refractivity contribution in [3.05, 3.63) is 0 Å². The molecule has 1 aliphatic heterocycles. The Balaban J connectivity index is 1.83. The van der Waals surface area contributed by atoms with Crippen LogP contribution in [-0.2, 0) is 14.8 Å².